The number of amides is 1. The number of hydrazine groups is 1. The number of carbonyl (C=O) groups is 1. The van der Waals surface area contributed by atoms with E-state index in [1.54, 1.807) is 12.1 Å². The van der Waals surface area contributed by atoms with E-state index in [1.165, 1.54) is 19.4 Å². The highest BCUT2D eigenvalue weighted by Gasteiger charge is 2.26. The number of benzene rings is 1. The zero-order chi connectivity index (χ0) is 17.2. The molecule has 1 aromatic carbocycles. The molecule has 1 fully saturated rings. The molecule has 0 aromatic heterocycles. The van der Waals surface area contributed by atoms with Crippen molar-refractivity contribution in [3.8, 4) is 5.75 Å². The first kappa shape index (κ1) is 17.5. The Kier molecular flexibility index (Phi) is 5.11. The van der Waals surface area contributed by atoms with E-state index in [0.717, 1.165) is 11.1 Å². The molecule has 0 bridgehead atoms. The van der Waals surface area contributed by atoms with Crippen molar-refractivity contribution in [3.63, 3.8) is 0 Å². The zero-order valence-electron chi connectivity index (χ0n) is 13.7. The largest absolute Gasteiger partial charge is 0.497 e. The lowest BCUT2D eigenvalue weighted by Crippen LogP contribution is -2.53. The van der Waals surface area contributed by atoms with Crippen LogP contribution in [0.25, 0.3) is 6.08 Å². The molecule has 1 aromatic rings. The first-order valence-electron chi connectivity index (χ1n) is 7.32. The van der Waals surface area contributed by atoms with E-state index in [1.807, 2.05) is 19.9 Å². The molecule has 2 unspecified atom stereocenters. The second-order valence-electron chi connectivity index (χ2n) is 5.95. The Labute approximate surface area is 136 Å². The second-order valence-corrected chi connectivity index (χ2v) is 7.97. The molecule has 2 N–H and O–H groups in total. The van der Waals surface area contributed by atoms with Gasteiger partial charge in [-0.15, -0.1) is 0 Å². The van der Waals surface area contributed by atoms with Crippen molar-refractivity contribution >= 4 is 21.8 Å². The van der Waals surface area contributed by atoms with E-state index in [9.17, 15) is 13.2 Å². The Morgan fingerprint density at radius 2 is 2.04 bits per heavy atom. The molecular formula is C16H22N2O4S. The number of hydrogen-bond acceptors (Lipinski definition) is 5. The van der Waals surface area contributed by atoms with Gasteiger partial charge in [0.05, 0.1) is 18.0 Å². The van der Waals surface area contributed by atoms with Gasteiger partial charge in [-0.25, -0.2) is 13.8 Å². The Morgan fingerprint density at radius 1 is 1.35 bits per heavy atom. The standard InChI is InChI=1S/C16H22N2O4S/c1-10(16-11(2)6-15(19)17-18-16)5-12-7-13(22-3)9-14(8-12)23(4,20)21/h5,7-9,11,16,18H,6H2,1-4H3,(H,17,19)/b10-5+. The van der Waals surface area contributed by atoms with Crippen molar-refractivity contribution < 1.29 is 17.9 Å². The van der Waals surface area contributed by atoms with Crippen molar-refractivity contribution in [2.24, 2.45) is 5.92 Å². The first-order valence-corrected chi connectivity index (χ1v) is 9.21. The van der Waals surface area contributed by atoms with Crippen LogP contribution in [0.2, 0.25) is 0 Å². The highest BCUT2D eigenvalue weighted by atomic mass is 32.2. The maximum absolute atomic E-state index is 11.8. The fourth-order valence-electron chi connectivity index (χ4n) is 2.69. The van der Waals surface area contributed by atoms with Crippen LogP contribution in [-0.4, -0.2) is 33.7 Å². The number of carbonyl (C=O) groups excluding carboxylic acids is 1. The van der Waals surface area contributed by atoms with E-state index < -0.39 is 9.84 Å². The lowest BCUT2D eigenvalue weighted by Gasteiger charge is -2.30. The summed E-state index contributed by atoms with van der Waals surface area (Å²) in [6.45, 7) is 3.95. The maximum atomic E-state index is 11.8. The summed E-state index contributed by atoms with van der Waals surface area (Å²) >= 11 is 0. The van der Waals surface area contributed by atoms with Crippen LogP contribution in [-0.2, 0) is 14.6 Å². The Morgan fingerprint density at radius 3 is 2.61 bits per heavy atom. The average molecular weight is 338 g/mol. The summed E-state index contributed by atoms with van der Waals surface area (Å²) in [7, 11) is -1.82. The normalized spacial score (nSPS) is 22.6. The Bertz CT molecular complexity index is 740. The van der Waals surface area contributed by atoms with Crippen LogP contribution in [0.5, 0.6) is 5.75 Å². The van der Waals surface area contributed by atoms with Gasteiger partial charge >= 0.3 is 0 Å². The second kappa shape index (κ2) is 6.72. The molecule has 7 heteroatoms. The highest BCUT2D eigenvalue weighted by molar-refractivity contribution is 7.90. The minimum atomic E-state index is -3.32. The number of hydrogen-bond donors (Lipinski definition) is 2. The maximum Gasteiger partial charge on any atom is 0.234 e. The van der Waals surface area contributed by atoms with Gasteiger partial charge in [0.15, 0.2) is 9.84 Å². The third kappa shape index (κ3) is 4.33. The smallest absolute Gasteiger partial charge is 0.234 e. The van der Waals surface area contributed by atoms with E-state index in [-0.39, 0.29) is 22.8 Å². The molecule has 6 nitrogen and oxygen atoms in total. The molecule has 1 aliphatic heterocycles. The fourth-order valence-corrected chi connectivity index (χ4v) is 3.37. The van der Waals surface area contributed by atoms with E-state index in [0.29, 0.717) is 12.2 Å². The molecular weight excluding hydrogens is 316 g/mol. The van der Waals surface area contributed by atoms with Crippen LogP contribution in [0, 0.1) is 5.92 Å². The molecule has 1 aliphatic rings. The average Bonchev–Trinajstić information content (AvgIpc) is 2.45. The van der Waals surface area contributed by atoms with Gasteiger partial charge in [0.2, 0.25) is 5.91 Å². The molecule has 2 atom stereocenters. The van der Waals surface area contributed by atoms with E-state index >= 15 is 0 Å². The number of nitrogens with one attached hydrogen (secondary N) is 2. The summed E-state index contributed by atoms with van der Waals surface area (Å²) in [6.07, 6.45) is 3.53. The Balaban J connectivity index is 2.36. The zero-order valence-corrected chi connectivity index (χ0v) is 14.5. The third-order valence-corrected chi connectivity index (χ3v) is 4.99. The highest BCUT2D eigenvalue weighted by Crippen LogP contribution is 2.25. The summed E-state index contributed by atoms with van der Waals surface area (Å²) in [5.41, 5.74) is 7.38. The van der Waals surface area contributed by atoms with Gasteiger partial charge in [0.1, 0.15) is 5.75 Å². The number of sulfone groups is 1. The van der Waals surface area contributed by atoms with Gasteiger partial charge < -0.3 is 4.74 Å². The van der Waals surface area contributed by atoms with Crippen LogP contribution in [0.4, 0.5) is 0 Å². The molecule has 126 valence electrons. The fraction of sp³-hybridized carbons (Fsp3) is 0.438. The van der Waals surface area contributed by atoms with Crippen molar-refractivity contribution in [1.82, 2.24) is 10.9 Å². The van der Waals surface area contributed by atoms with Crippen molar-refractivity contribution in [2.75, 3.05) is 13.4 Å². The van der Waals surface area contributed by atoms with Crippen LogP contribution in [0.1, 0.15) is 25.8 Å². The lowest BCUT2D eigenvalue weighted by molar-refractivity contribution is -0.125. The minimum Gasteiger partial charge on any atom is -0.497 e. The molecule has 1 amide bonds. The summed E-state index contributed by atoms with van der Waals surface area (Å²) < 4.78 is 28.8. The van der Waals surface area contributed by atoms with E-state index in [4.69, 9.17) is 4.74 Å². The summed E-state index contributed by atoms with van der Waals surface area (Å²) in [6, 6.07) is 4.90. The van der Waals surface area contributed by atoms with Gasteiger partial charge in [0, 0.05) is 12.7 Å². The van der Waals surface area contributed by atoms with Crippen molar-refractivity contribution in [2.45, 2.75) is 31.2 Å². The van der Waals surface area contributed by atoms with Gasteiger partial charge in [0.25, 0.3) is 0 Å². The number of ether oxygens (including phenoxy) is 1. The summed E-state index contributed by atoms with van der Waals surface area (Å²) in [4.78, 5) is 11.6. The van der Waals surface area contributed by atoms with Gasteiger partial charge in [-0.2, -0.15) is 0 Å². The third-order valence-electron chi connectivity index (χ3n) is 3.89. The van der Waals surface area contributed by atoms with Crippen molar-refractivity contribution in [1.29, 1.82) is 0 Å². The van der Waals surface area contributed by atoms with E-state index in [2.05, 4.69) is 10.9 Å². The Hall–Kier alpha value is -1.86. The summed E-state index contributed by atoms with van der Waals surface area (Å²) in [5.74, 6) is 0.618. The van der Waals surface area contributed by atoms with Crippen LogP contribution < -0.4 is 15.6 Å². The molecule has 2 rings (SSSR count). The molecule has 1 saturated heterocycles. The van der Waals surface area contributed by atoms with Gasteiger partial charge in [-0.05, 0) is 36.6 Å². The first-order chi connectivity index (χ1) is 10.7. The predicted octanol–water partition coefficient (Wildman–Crippen LogP) is 1.53. The monoisotopic (exact) mass is 338 g/mol. The van der Waals surface area contributed by atoms with Crippen molar-refractivity contribution in [3.05, 3.63) is 29.3 Å². The molecule has 0 spiro atoms. The number of rotatable bonds is 4. The topological polar surface area (TPSA) is 84.5 Å². The van der Waals surface area contributed by atoms with Crippen LogP contribution in [0.3, 0.4) is 0 Å². The van der Waals surface area contributed by atoms with Gasteiger partial charge in [-0.1, -0.05) is 18.6 Å². The van der Waals surface area contributed by atoms with Crippen LogP contribution >= 0.6 is 0 Å². The molecule has 0 radical (unpaired) electrons. The van der Waals surface area contributed by atoms with Gasteiger partial charge in [-0.3, -0.25) is 10.2 Å². The van der Waals surface area contributed by atoms with Crippen LogP contribution in [0.15, 0.2) is 28.7 Å². The lowest BCUT2D eigenvalue weighted by atomic mass is 9.90. The number of methoxy groups -OCH3 is 1. The predicted molar refractivity (Wildman–Crippen MR) is 88.6 cm³/mol. The molecule has 23 heavy (non-hydrogen) atoms. The molecule has 1 heterocycles. The molecule has 0 aliphatic carbocycles. The molecule has 0 saturated carbocycles. The summed E-state index contributed by atoms with van der Waals surface area (Å²) in [5, 5.41) is 0. The SMILES string of the molecule is COc1cc(/C=C(\C)C2NNC(=O)CC2C)cc(S(C)(=O)=O)c1. The minimum absolute atomic E-state index is 0.000541. The quantitative estimate of drug-likeness (QED) is 0.870.